The van der Waals surface area contributed by atoms with Gasteiger partial charge in [-0.1, -0.05) is 12.1 Å². The smallest absolute Gasteiger partial charge is 0.266 e. The van der Waals surface area contributed by atoms with E-state index >= 15 is 0 Å². The molecular weight excluding hydrogens is 302 g/mol. The Labute approximate surface area is 132 Å². The second-order valence-electron chi connectivity index (χ2n) is 4.69. The summed E-state index contributed by atoms with van der Waals surface area (Å²) in [6, 6.07) is 9.90. The molecule has 1 aliphatic rings. The lowest BCUT2D eigenvalue weighted by atomic mass is 10.1. The highest BCUT2D eigenvalue weighted by atomic mass is 32.1. The Balaban J connectivity index is 2.14. The SMILES string of the molecule is COc1cc(S)c(N2C(=O)c3ccccc3C2=O)cc1OC. The minimum absolute atomic E-state index is 0.368. The van der Waals surface area contributed by atoms with Gasteiger partial charge in [-0.25, -0.2) is 4.90 Å². The topological polar surface area (TPSA) is 55.8 Å². The maximum Gasteiger partial charge on any atom is 0.266 e. The molecule has 1 heterocycles. The molecule has 0 fully saturated rings. The van der Waals surface area contributed by atoms with Crippen LogP contribution in [0.15, 0.2) is 41.3 Å². The number of carbonyl (C=O) groups excluding carboxylic acids is 2. The lowest BCUT2D eigenvalue weighted by Gasteiger charge is -2.18. The summed E-state index contributed by atoms with van der Waals surface area (Å²) in [4.78, 5) is 26.6. The van der Waals surface area contributed by atoms with Crippen molar-refractivity contribution in [2.75, 3.05) is 19.1 Å². The summed E-state index contributed by atoms with van der Waals surface area (Å²) in [5.74, 6) is 0.158. The zero-order valence-electron chi connectivity index (χ0n) is 12.0. The van der Waals surface area contributed by atoms with E-state index in [1.807, 2.05) is 0 Å². The fourth-order valence-corrected chi connectivity index (χ4v) is 2.73. The van der Waals surface area contributed by atoms with Crippen molar-refractivity contribution in [2.24, 2.45) is 0 Å². The number of rotatable bonds is 3. The molecule has 2 aromatic rings. The number of nitrogens with zero attached hydrogens (tertiary/aromatic N) is 1. The van der Waals surface area contributed by atoms with Crippen LogP contribution in [0, 0.1) is 0 Å². The Morgan fingerprint density at radius 3 is 1.91 bits per heavy atom. The van der Waals surface area contributed by atoms with Crippen LogP contribution in [0.5, 0.6) is 11.5 Å². The summed E-state index contributed by atoms with van der Waals surface area (Å²) in [6.45, 7) is 0. The summed E-state index contributed by atoms with van der Waals surface area (Å²) in [5, 5.41) is 0. The number of imide groups is 1. The quantitative estimate of drug-likeness (QED) is 0.699. The monoisotopic (exact) mass is 315 g/mol. The molecule has 2 aromatic carbocycles. The Morgan fingerprint density at radius 2 is 1.41 bits per heavy atom. The van der Waals surface area contributed by atoms with E-state index < -0.39 is 0 Å². The van der Waals surface area contributed by atoms with Crippen molar-refractivity contribution in [3.63, 3.8) is 0 Å². The van der Waals surface area contributed by atoms with Crippen molar-refractivity contribution in [1.82, 2.24) is 0 Å². The van der Waals surface area contributed by atoms with E-state index in [2.05, 4.69) is 12.6 Å². The van der Waals surface area contributed by atoms with Crippen molar-refractivity contribution in [3.05, 3.63) is 47.5 Å². The van der Waals surface area contributed by atoms with Gasteiger partial charge in [-0.3, -0.25) is 9.59 Å². The van der Waals surface area contributed by atoms with Gasteiger partial charge in [0.2, 0.25) is 0 Å². The number of carbonyl (C=O) groups is 2. The van der Waals surface area contributed by atoms with Crippen LogP contribution in [0.2, 0.25) is 0 Å². The van der Waals surface area contributed by atoms with Gasteiger partial charge in [-0.2, -0.15) is 0 Å². The van der Waals surface area contributed by atoms with E-state index in [0.717, 1.165) is 4.90 Å². The highest BCUT2D eigenvalue weighted by Gasteiger charge is 2.37. The van der Waals surface area contributed by atoms with Crippen molar-refractivity contribution in [1.29, 1.82) is 0 Å². The molecule has 0 N–H and O–H groups in total. The first kappa shape index (κ1) is 14.5. The standard InChI is InChI=1S/C16H13NO4S/c1-20-12-7-11(14(22)8-13(12)21-2)17-15(18)9-5-3-4-6-10(9)16(17)19/h3-8,22H,1-2H3. The molecule has 0 aliphatic carbocycles. The number of hydrogen-bond acceptors (Lipinski definition) is 5. The Bertz CT molecular complexity index is 753. The second kappa shape index (κ2) is 5.38. The van der Waals surface area contributed by atoms with Gasteiger partial charge in [-0.05, 0) is 18.2 Å². The zero-order chi connectivity index (χ0) is 15.9. The summed E-state index contributed by atoms with van der Waals surface area (Å²) >= 11 is 4.36. The molecule has 6 heteroatoms. The third kappa shape index (κ3) is 2.03. The molecule has 0 aromatic heterocycles. The molecule has 0 unspecified atom stereocenters. The molecule has 0 radical (unpaired) electrons. The minimum atomic E-state index is -0.372. The van der Waals surface area contributed by atoms with Crippen LogP contribution in [0.1, 0.15) is 20.7 Å². The van der Waals surface area contributed by atoms with E-state index in [1.165, 1.54) is 14.2 Å². The molecule has 0 spiro atoms. The number of methoxy groups -OCH3 is 2. The zero-order valence-corrected chi connectivity index (χ0v) is 12.9. The lowest BCUT2D eigenvalue weighted by molar-refractivity contribution is 0.0925. The van der Waals surface area contributed by atoms with Crippen molar-refractivity contribution < 1.29 is 19.1 Å². The largest absolute Gasteiger partial charge is 0.493 e. The number of benzene rings is 2. The molecule has 0 atom stereocenters. The highest BCUT2D eigenvalue weighted by molar-refractivity contribution is 7.80. The molecule has 22 heavy (non-hydrogen) atoms. The van der Waals surface area contributed by atoms with E-state index in [9.17, 15) is 9.59 Å². The van der Waals surface area contributed by atoms with Crippen LogP contribution >= 0.6 is 12.6 Å². The van der Waals surface area contributed by atoms with Gasteiger partial charge in [0.05, 0.1) is 31.0 Å². The van der Waals surface area contributed by atoms with Crippen LogP contribution in [0.3, 0.4) is 0 Å². The van der Waals surface area contributed by atoms with Gasteiger partial charge in [0, 0.05) is 11.0 Å². The predicted octanol–water partition coefficient (Wildman–Crippen LogP) is 2.79. The van der Waals surface area contributed by atoms with Crippen LogP contribution in [-0.4, -0.2) is 26.0 Å². The number of amides is 2. The first-order valence-corrected chi connectivity index (χ1v) is 6.96. The number of fused-ring (bicyclic) bond motifs is 1. The second-order valence-corrected chi connectivity index (χ2v) is 5.17. The maximum absolute atomic E-state index is 12.5. The fraction of sp³-hybridized carbons (Fsp3) is 0.125. The number of thiol groups is 1. The molecule has 2 amide bonds. The maximum atomic E-state index is 12.5. The normalized spacial score (nSPS) is 13.3. The molecule has 0 saturated carbocycles. The van der Waals surface area contributed by atoms with E-state index in [0.29, 0.717) is 33.2 Å². The number of anilines is 1. The van der Waals surface area contributed by atoms with Gasteiger partial charge in [0.15, 0.2) is 11.5 Å². The molecule has 1 aliphatic heterocycles. The van der Waals surface area contributed by atoms with Gasteiger partial charge < -0.3 is 9.47 Å². The number of ether oxygens (including phenoxy) is 2. The molecule has 0 saturated heterocycles. The number of hydrogen-bond donors (Lipinski definition) is 1. The Hall–Kier alpha value is -2.47. The first-order chi connectivity index (χ1) is 10.6. The van der Waals surface area contributed by atoms with Crippen molar-refractivity contribution in [2.45, 2.75) is 4.90 Å². The van der Waals surface area contributed by atoms with Gasteiger partial charge in [0.25, 0.3) is 11.8 Å². The summed E-state index contributed by atoms with van der Waals surface area (Å²) in [6.07, 6.45) is 0. The highest BCUT2D eigenvalue weighted by Crippen LogP contribution is 2.39. The average Bonchev–Trinajstić information content (AvgIpc) is 2.79. The van der Waals surface area contributed by atoms with Gasteiger partial charge >= 0.3 is 0 Å². The molecule has 3 rings (SSSR count). The third-order valence-electron chi connectivity index (χ3n) is 3.52. The summed E-state index contributed by atoms with van der Waals surface area (Å²) in [5.41, 5.74) is 1.14. The van der Waals surface area contributed by atoms with E-state index in [-0.39, 0.29) is 11.8 Å². The summed E-state index contributed by atoms with van der Waals surface area (Å²) < 4.78 is 10.4. The molecular formula is C16H13NO4S. The predicted molar refractivity (Wildman–Crippen MR) is 84.4 cm³/mol. The Kier molecular flexibility index (Phi) is 3.54. The van der Waals surface area contributed by atoms with Gasteiger partial charge in [0.1, 0.15) is 0 Å². The average molecular weight is 315 g/mol. The van der Waals surface area contributed by atoms with E-state index in [1.54, 1.807) is 36.4 Å². The summed E-state index contributed by atoms with van der Waals surface area (Å²) in [7, 11) is 2.99. The van der Waals surface area contributed by atoms with Crippen molar-refractivity contribution >= 4 is 30.1 Å². The van der Waals surface area contributed by atoms with Crippen LogP contribution in [0.25, 0.3) is 0 Å². The van der Waals surface area contributed by atoms with Crippen molar-refractivity contribution in [3.8, 4) is 11.5 Å². The van der Waals surface area contributed by atoms with Gasteiger partial charge in [-0.15, -0.1) is 12.6 Å². The third-order valence-corrected chi connectivity index (χ3v) is 3.87. The van der Waals surface area contributed by atoms with Crippen LogP contribution in [-0.2, 0) is 0 Å². The lowest BCUT2D eigenvalue weighted by Crippen LogP contribution is -2.29. The minimum Gasteiger partial charge on any atom is -0.493 e. The van der Waals surface area contributed by atoms with Crippen LogP contribution in [0.4, 0.5) is 5.69 Å². The molecule has 0 bridgehead atoms. The first-order valence-electron chi connectivity index (χ1n) is 6.51. The van der Waals surface area contributed by atoms with Crippen LogP contribution < -0.4 is 14.4 Å². The van der Waals surface area contributed by atoms with E-state index in [4.69, 9.17) is 9.47 Å². The Morgan fingerprint density at radius 1 is 0.909 bits per heavy atom. The molecule has 5 nitrogen and oxygen atoms in total. The fourth-order valence-electron chi connectivity index (χ4n) is 2.44. The molecule has 112 valence electrons.